The third-order valence-corrected chi connectivity index (χ3v) is 5.91. The van der Waals surface area contributed by atoms with Gasteiger partial charge in [0.1, 0.15) is 5.78 Å². The maximum Gasteiger partial charge on any atom is 0.159 e. The maximum atomic E-state index is 12.1. The number of hydrogen-bond donors (Lipinski definition) is 1. The number of ketones is 1. The van der Waals surface area contributed by atoms with Gasteiger partial charge in [-0.1, -0.05) is 30.3 Å². The zero-order valence-electron chi connectivity index (χ0n) is 16.5. The summed E-state index contributed by atoms with van der Waals surface area (Å²) in [6.07, 6.45) is 4.12. The number of fused-ring (bicyclic) bond motifs is 1. The molecule has 6 heteroatoms. The Bertz CT molecular complexity index is 1020. The quantitative estimate of drug-likeness (QED) is 0.701. The molecule has 0 spiro atoms. The van der Waals surface area contributed by atoms with Crippen LogP contribution in [-0.2, 0) is 17.8 Å². The summed E-state index contributed by atoms with van der Waals surface area (Å²) in [7, 11) is 0. The second-order valence-electron chi connectivity index (χ2n) is 8.35. The van der Waals surface area contributed by atoms with E-state index in [1.807, 2.05) is 22.7 Å². The number of aromatic nitrogens is 3. The molecule has 1 aliphatic carbocycles. The molecule has 2 aromatic heterocycles. The number of nitrogens with zero attached hydrogens (tertiary/aromatic N) is 4. The first-order valence-electron chi connectivity index (χ1n) is 10.5. The molecule has 0 radical (unpaired) electrons. The van der Waals surface area contributed by atoms with E-state index < -0.39 is 0 Å². The molecule has 1 aliphatic heterocycles. The highest BCUT2D eigenvalue weighted by molar-refractivity contribution is 5.84. The van der Waals surface area contributed by atoms with E-state index in [4.69, 9.17) is 0 Å². The second kappa shape index (κ2) is 7.69. The van der Waals surface area contributed by atoms with Gasteiger partial charge in [0.15, 0.2) is 11.5 Å². The molecule has 2 aliphatic rings. The summed E-state index contributed by atoms with van der Waals surface area (Å²) in [5, 5.41) is 14.5. The van der Waals surface area contributed by atoms with E-state index >= 15 is 0 Å². The first-order valence-corrected chi connectivity index (χ1v) is 10.5. The summed E-state index contributed by atoms with van der Waals surface area (Å²) in [5.41, 5.74) is 4.06. The molecule has 29 heavy (non-hydrogen) atoms. The molecule has 1 saturated heterocycles. The fourth-order valence-corrected chi connectivity index (χ4v) is 4.16. The van der Waals surface area contributed by atoms with Crippen LogP contribution in [-0.4, -0.2) is 49.6 Å². The van der Waals surface area contributed by atoms with Gasteiger partial charge in [0.2, 0.25) is 0 Å². The number of carbonyl (C=O) groups excluding carboxylic acids is 1. The van der Waals surface area contributed by atoms with Crippen LogP contribution in [0, 0.1) is 5.92 Å². The van der Waals surface area contributed by atoms with Gasteiger partial charge in [0, 0.05) is 24.6 Å². The summed E-state index contributed by atoms with van der Waals surface area (Å²) in [5.74, 6) is 1.10. The van der Waals surface area contributed by atoms with Crippen LogP contribution in [0.3, 0.4) is 0 Å². The summed E-state index contributed by atoms with van der Waals surface area (Å²) in [6, 6.07) is 14.5. The molecule has 0 amide bonds. The number of hydrogen-bond acceptors (Lipinski definition) is 5. The van der Waals surface area contributed by atoms with E-state index in [1.165, 1.54) is 5.56 Å². The van der Waals surface area contributed by atoms with Gasteiger partial charge in [-0.15, -0.1) is 0 Å². The first-order chi connectivity index (χ1) is 14.2. The molecule has 150 valence electrons. The minimum Gasteiger partial charge on any atom is -0.392 e. The van der Waals surface area contributed by atoms with Crippen LogP contribution in [0.1, 0.15) is 37.1 Å². The number of aliphatic hydroxyl groups is 1. The lowest BCUT2D eigenvalue weighted by Crippen LogP contribution is -2.37. The highest BCUT2D eigenvalue weighted by atomic mass is 16.3. The van der Waals surface area contributed by atoms with Crippen molar-refractivity contribution in [2.45, 2.75) is 44.8 Å². The third kappa shape index (κ3) is 4.09. The van der Waals surface area contributed by atoms with E-state index in [2.05, 4.69) is 39.2 Å². The zero-order valence-corrected chi connectivity index (χ0v) is 16.5. The van der Waals surface area contributed by atoms with Crippen LogP contribution < -0.4 is 0 Å². The molecular formula is C23H26N4O2. The SMILES string of the molecule is O=C(Cc1nc2cccc(-c3ccc(CN4CCCC(O)C4)cc3)n2n1)C1CC1. The molecule has 2 fully saturated rings. The van der Waals surface area contributed by atoms with Crippen LogP contribution >= 0.6 is 0 Å². The van der Waals surface area contributed by atoms with Gasteiger partial charge >= 0.3 is 0 Å². The number of aliphatic hydroxyl groups excluding tert-OH is 1. The first kappa shape index (κ1) is 18.5. The lowest BCUT2D eigenvalue weighted by molar-refractivity contribution is -0.119. The van der Waals surface area contributed by atoms with E-state index in [0.717, 1.165) is 62.2 Å². The molecule has 5 rings (SSSR count). The lowest BCUT2D eigenvalue weighted by atomic mass is 10.1. The van der Waals surface area contributed by atoms with Gasteiger partial charge in [-0.2, -0.15) is 5.10 Å². The highest BCUT2D eigenvalue weighted by Crippen LogP contribution is 2.30. The van der Waals surface area contributed by atoms with Crippen molar-refractivity contribution in [1.29, 1.82) is 0 Å². The van der Waals surface area contributed by atoms with Crippen LogP contribution in [0.25, 0.3) is 16.9 Å². The smallest absolute Gasteiger partial charge is 0.159 e. The Hall–Kier alpha value is -2.57. The Morgan fingerprint density at radius 3 is 2.69 bits per heavy atom. The van der Waals surface area contributed by atoms with Crippen LogP contribution in [0.5, 0.6) is 0 Å². The summed E-state index contributed by atoms with van der Waals surface area (Å²) >= 11 is 0. The normalized spacial score (nSPS) is 20.2. The molecular weight excluding hydrogens is 364 g/mol. The predicted octanol–water partition coefficient (Wildman–Crippen LogP) is 2.87. The standard InChI is InChI=1S/C23H26N4O2/c28-19-3-2-12-26(15-19)14-16-6-8-17(9-7-16)20-4-1-5-23-24-22(25-27(20)23)13-21(29)18-10-11-18/h1,4-9,18-19,28H,2-3,10-15H2. The van der Waals surface area contributed by atoms with E-state index in [-0.39, 0.29) is 17.8 Å². The van der Waals surface area contributed by atoms with Gasteiger partial charge in [-0.3, -0.25) is 9.69 Å². The van der Waals surface area contributed by atoms with Crippen molar-refractivity contribution in [2.24, 2.45) is 5.92 Å². The topological polar surface area (TPSA) is 70.7 Å². The Kier molecular flexibility index (Phi) is 4.89. The number of rotatable bonds is 6. The van der Waals surface area contributed by atoms with Crippen molar-refractivity contribution in [2.75, 3.05) is 13.1 Å². The van der Waals surface area contributed by atoms with E-state index in [9.17, 15) is 9.90 Å². The summed E-state index contributed by atoms with van der Waals surface area (Å²) < 4.78 is 1.84. The van der Waals surface area contributed by atoms with Crippen molar-refractivity contribution in [3.05, 3.63) is 53.9 Å². The molecule has 1 saturated carbocycles. The highest BCUT2D eigenvalue weighted by Gasteiger charge is 2.30. The number of pyridine rings is 1. The van der Waals surface area contributed by atoms with Crippen molar-refractivity contribution in [3.8, 4) is 11.3 Å². The number of likely N-dealkylation sites (tertiary alicyclic amines) is 1. The van der Waals surface area contributed by atoms with Gasteiger partial charge in [0.25, 0.3) is 0 Å². The molecule has 0 bridgehead atoms. The van der Waals surface area contributed by atoms with Crippen molar-refractivity contribution in [1.82, 2.24) is 19.5 Å². The van der Waals surface area contributed by atoms with Gasteiger partial charge in [-0.05, 0) is 49.9 Å². The Balaban J connectivity index is 1.35. The number of piperidine rings is 1. The number of benzene rings is 1. The van der Waals surface area contributed by atoms with Gasteiger partial charge in [0.05, 0.1) is 18.2 Å². The molecule has 1 unspecified atom stereocenters. The molecule has 3 heterocycles. The van der Waals surface area contributed by atoms with Crippen LogP contribution in [0.15, 0.2) is 42.5 Å². The average Bonchev–Trinajstić information content (AvgIpc) is 3.49. The minimum absolute atomic E-state index is 0.200. The van der Waals surface area contributed by atoms with Gasteiger partial charge in [-0.25, -0.2) is 9.50 Å². The van der Waals surface area contributed by atoms with Crippen molar-refractivity contribution >= 4 is 11.4 Å². The van der Waals surface area contributed by atoms with E-state index in [1.54, 1.807) is 0 Å². The Morgan fingerprint density at radius 2 is 1.93 bits per heavy atom. The monoisotopic (exact) mass is 390 g/mol. The Labute approximate surface area is 170 Å². The average molecular weight is 390 g/mol. The lowest BCUT2D eigenvalue weighted by Gasteiger charge is -2.29. The largest absolute Gasteiger partial charge is 0.392 e. The summed E-state index contributed by atoms with van der Waals surface area (Å²) in [6.45, 7) is 2.65. The fraction of sp³-hybridized carbons (Fsp3) is 0.435. The Morgan fingerprint density at radius 1 is 1.10 bits per heavy atom. The predicted molar refractivity (Wildman–Crippen MR) is 110 cm³/mol. The van der Waals surface area contributed by atoms with Crippen LogP contribution in [0.4, 0.5) is 0 Å². The van der Waals surface area contributed by atoms with Gasteiger partial charge < -0.3 is 5.11 Å². The van der Waals surface area contributed by atoms with Crippen molar-refractivity contribution in [3.63, 3.8) is 0 Å². The molecule has 3 aromatic rings. The number of β-amino-alcohol motifs (C(OH)–C–C–N with tert-alkyl or cyclic N) is 1. The molecule has 1 aromatic carbocycles. The second-order valence-corrected chi connectivity index (χ2v) is 8.35. The van der Waals surface area contributed by atoms with Crippen LogP contribution in [0.2, 0.25) is 0 Å². The summed E-state index contributed by atoms with van der Waals surface area (Å²) in [4.78, 5) is 19.0. The molecule has 1 atom stereocenters. The molecule has 6 nitrogen and oxygen atoms in total. The molecule has 1 N–H and O–H groups in total. The zero-order chi connectivity index (χ0) is 19.8. The fourth-order valence-electron chi connectivity index (χ4n) is 4.16. The number of carbonyl (C=O) groups is 1. The number of Topliss-reactive ketones (excluding diaryl/α,β-unsaturated/α-hetero) is 1. The maximum absolute atomic E-state index is 12.1. The van der Waals surface area contributed by atoms with E-state index in [0.29, 0.717) is 12.2 Å². The van der Waals surface area contributed by atoms with Crippen molar-refractivity contribution < 1.29 is 9.90 Å². The third-order valence-electron chi connectivity index (χ3n) is 5.91. The minimum atomic E-state index is -0.200.